The molecule has 0 saturated carbocycles. The van der Waals surface area contributed by atoms with Crippen molar-refractivity contribution in [1.29, 1.82) is 0 Å². The van der Waals surface area contributed by atoms with Gasteiger partial charge in [0, 0.05) is 36.9 Å². The molecule has 0 atom stereocenters. The highest BCUT2D eigenvalue weighted by Crippen LogP contribution is 2.24. The number of phenolic OH excluding ortho intramolecular Hbond substituents is 1. The topological polar surface area (TPSA) is 83.7 Å². The van der Waals surface area contributed by atoms with E-state index in [-0.39, 0.29) is 22.9 Å². The number of carbonyl (C=O) groups excluding carboxylic acids is 1. The molecule has 0 aliphatic rings. The van der Waals surface area contributed by atoms with Gasteiger partial charge in [0.1, 0.15) is 5.75 Å². The molecule has 1 N–H and O–H groups in total. The lowest BCUT2D eigenvalue weighted by Crippen LogP contribution is -2.28. The molecule has 0 heterocycles. The van der Waals surface area contributed by atoms with Gasteiger partial charge in [-0.1, -0.05) is 0 Å². The highest BCUT2D eigenvalue weighted by Gasteiger charge is 2.09. The number of hydrogen-bond acceptors (Lipinski definition) is 4. The summed E-state index contributed by atoms with van der Waals surface area (Å²) in [6.45, 7) is 4.89. The van der Waals surface area contributed by atoms with Crippen molar-refractivity contribution in [3.05, 3.63) is 40.0 Å². The van der Waals surface area contributed by atoms with E-state index in [1.54, 1.807) is 4.90 Å². The highest BCUT2D eigenvalue weighted by atomic mass is 16.6. The first-order chi connectivity index (χ1) is 8.99. The lowest BCUT2D eigenvalue weighted by Gasteiger charge is -2.15. The maximum absolute atomic E-state index is 11.7. The van der Waals surface area contributed by atoms with Crippen LogP contribution in [-0.4, -0.2) is 33.9 Å². The molecule has 0 saturated heterocycles. The van der Waals surface area contributed by atoms with Crippen molar-refractivity contribution in [2.45, 2.75) is 13.8 Å². The fourth-order valence-corrected chi connectivity index (χ4v) is 1.59. The largest absolute Gasteiger partial charge is 0.507 e. The zero-order valence-electron chi connectivity index (χ0n) is 10.9. The van der Waals surface area contributed by atoms with Gasteiger partial charge in [0.05, 0.1) is 4.92 Å². The minimum atomic E-state index is -0.553. The molecule has 102 valence electrons. The molecular weight excluding hydrogens is 248 g/mol. The first-order valence-corrected chi connectivity index (χ1v) is 5.94. The van der Waals surface area contributed by atoms with Crippen LogP contribution < -0.4 is 0 Å². The van der Waals surface area contributed by atoms with Crippen LogP contribution in [-0.2, 0) is 4.79 Å². The molecule has 19 heavy (non-hydrogen) atoms. The Morgan fingerprint density at radius 2 is 2.05 bits per heavy atom. The van der Waals surface area contributed by atoms with Gasteiger partial charge in [-0.15, -0.1) is 0 Å². The third-order valence-electron chi connectivity index (χ3n) is 2.70. The van der Waals surface area contributed by atoms with Crippen LogP contribution in [0.1, 0.15) is 19.4 Å². The molecular formula is C13H16N2O4. The molecule has 0 fully saturated rings. The van der Waals surface area contributed by atoms with E-state index in [4.69, 9.17) is 0 Å². The number of hydrogen-bond donors (Lipinski definition) is 1. The molecule has 0 spiro atoms. The van der Waals surface area contributed by atoms with Crippen molar-refractivity contribution in [3.8, 4) is 5.75 Å². The number of nitro groups is 1. The van der Waals surface area contributed by atoms with E-state index >= 15 is 0 Å². The summed E-state index contributed by atoms with van der Waals surface area (Å²) in [5.41, 5.74) is 0.113. The standard InChI is InChI=1S/C13H16N2O4/c1-3-14(4-2)13(17)8-5-10-9-11(15(18)19)6-7-12(10)16/h5-9,16H,3-4H2,1-2H3. The zero-order valence-corrected chi connectivity index (χ0v) is 10.9. The smallest absolute Gasteiger partial charge is 0.270 e. The average Bonchev–Trinajstić information content (AvgIpc) is 2.38. The Bertz CT molecular complexity index is 507. The minimum absolute atomic E-state index is 0.103. The fourth-order valence-electron chi connectivity index (χ4n) is 1.59. The average molecular weight is 264 g/mol. The van der Waals surface area contributed by atoms with Gasteiger partial charge in [-0.25, -0.2) is 0 Å². The number of carbonyl (C=O) groups is 1. The Hall–Kier alpha value is -2.37. The van der Waals surface area contributed by atoms with E-state index < -0.39 is 4.92 Å². The van der Waals surface area contributed by atoms with E-state index in [9.17, 15) is 20.0 Å². The van der Waals surface area contributed by atoms with E-state index in [0.717, 1.165) is 0 Å². The highest BCUT2D eigenvalue weighted by molar-refractivity contribution is 5.92. The number of amides is 1. The summed E-state index contributed by atoms with van der Waals surface area (Å²) in [5.74, 6) is -0.301. The molecule has 1 amide bonds. The predicted molar refractivity (Wildman–Crippen MR) is 71.7 cm³/mol. The summed E-state index contributed by atoms with van der Waals surface area (Å²) in [6.07, 6.45) is 2.68. The molecule has 0 unspecified atom stereocenters. The van der Waals surface area contributed by atoms with Gasteiger partial charge >= 0.3 is 0 Å². The van der Waals surface area contributed by atoms with Gasteiger partial charge in [-0.3, -0.25) is 14.9 Å². The molecule has 0 aliphatic heterocycles. The number of aromatic hydroxyl groups is 1. The van der Waals surface area contributed by atoms with Crippen molar-refractivity contribution >= 4 is 17.7 Å². The second-order valence-corrected chi connectivity index (χ2v) is 3.84. The van der Waals surface area contributed by atoms with Crippen LogP contribution in [0.4, 0.5) is 5.69 Å². The van der Waals surface area contributed by atoms with Gasteiger partial charge in [0.15, 0.2) is 0 Å². The number of likely N-dealkylation sites (N-methyl/N-ethyl adjacent to an activating group) is 1. The van der Waals surface area contributed by atoms with Crippen LogP contribution in [0.3, 0.4) is 0 Å². The van der Waals surface area contributed by atoms with Gasteiger partial charge < -0.3 is 10.0 Å². The van der Waals surface area contributed by atoms with Crippen molar-refractivity contribution < 1.29 is 14.8 Å². The Balaban J connectivity index is 2.95. The van der Waals surface area contributed by atoms with Crippen molar-refractivity contribution in [2.75, 3.05) is 13.1 Å². The van der Waals surface area contributed by atoms with Gasteiger partial charge in [-0.2, -0.15) is 0 Å². The zero-order chi connectivity index (χ0) is 14.4. The second kappa shape index (κ2) is 6.53. The van der Waals surface area contributed by atoms with Crippen LogP contribution >= 0.6 is 0 Å². The van der Waals surface area contributed by atoms with Crippen molar-refractivity contribution in [3.63, 3.8) is 0 Å². The van der Waals surface area contributed by atoms with E-state index in [1.807, 2.05) is 13.8 Å². The quantitative estimate of drug-likeness (QED) is 0.502. The number of rotatable bonds is 5. The SMILES string of the molecule is CCN(CC)C(=O)C=Cc1cc([N+](=O)[O-])ccc1O. The van der Waals surface area contributed by atoms with E-state index in [0.29, 0.717) is 13.1 Å². The monoisotopic (exact) mass is 264 g/mol. The van der Waals surface area contributed by atoms with Crippen LogP contribution in [0, 0.1) is 10.1 Å². The van der Waals surface area contributed by atoms with Crippen molar-refractivity contribution in [1.82, 2.24) is 4.90 Å². The Kier molecular flexibility index (Phi) is 5.05. The summed E-state index contributed by atoms with van der Waals surface area (Å²) in [4.78, 5) is 23.4. The Labute approximate surface area is 111 Å². The number of phenols is 1. The first-order valence-electron chi connectivity index (χ1n) is 5.94. The van der Waals surface area contributed by atoms with Crippen LogP contribution in [0.5, 0.6) is 5.75 Å². The van der Waals surface area contributed by atoms with Gasteiger partial charge in [0.2, 0.25) is 5.91 Å². The third kappa shape index (κ3) is 3.80. The number of benzene rings is 1. The molecule has 0 aromatic heterocycles. The Morgan fingerprint density at radius 1 is 1.42 bits per heavy atom. The van der Waals surface area contributed by atoms with Gasteiger partial charge in [0.25, 0.3) is 5.69 Å². The molecule has 0 bridgehead atoms. The summed E-state index contributed by atoms with van der Waals surface area (Å²) in [5, 5.41) is 20.2. The lowest BCUT2D eigenvalue weighted by atomic mass is 10.1. The maximum atomic E-state index is 11.7. The van der Waals surface area contributed by atoms with Crippen LogP contribution in [0.15, 0.2) is 24.3 Å². The van der Waals surface area contributed by atoms with Crippen LogP contribution in [0.25, 0.3) is 6.08 Å². The molecule has 1 rings (SSSR count). The fraction of sp³-hybridized carbons (Fsp3) is 0.308. The maximum Gasteiger partial charge on any atom is 0.270 e. The third-order valence-corrected chi connectivity index (χ3v) is 2.70. The van der Waals surface area contributed by atoms with Crippen LogP contribution in [0.2, 0.25) is 0 Å². The van der Waals surface area contributed by atoms with E-state index in [2.05, 4.69) is 0 Å². The molecule has 1 aromatic rings. The molecule has 0 radical (unpaired) electrons. The van der Waals surface area contributed by atoms with Crippen molar-refractivity contribution in [2.24, 2.45) is 0 Å². The Morgan fingerprint density at radius 3 is 2.58 bits per heavy atom. The second-order valence-electron chi connectivity index (χ2n) is 3.84. The number of nitrogens with zero attached hydrogens (tertiary/aromatic N) is 2. The first kappa shape index (κ1) is 14.7. The molecule has 6 heteroatoms. The van der Waals surface area contributed by atoms with E-state index in [1.165, 1.54) is 30.4 Å². The predicted octanol–water partition coefficient (Wildman–Crippen LogP) is 2.18. The minimum Gasteiger partial charge on any atom is -0.507 e. The molecule has 1 aromatic carbocycles. The summed E-state index contributed by atoms with van der Waals surface area (Å²) in [6, 6.07) is 3.67. The summed E-state index contributed by atoms with van der Waals surface area (Å²) >= 11 is 0. The van der Waals surface area contributed by atoms with Gasteiger partial charge in [-0.05, 0) is 26.0 Å². The number of non-ortho nitro benzene ring substituents is 1. The normalized spacial score (nSPS) is 10.6. The lowest BCUT2D eigenvalue weighted by molar-refractivity contribution is -0.384. The number of nitro benzene ring substituents is 1. The summed E-state index contributed by atoms with van der Waals surface area (Å²) < 4.78 is 0. The molecule has 0 aliphatic carbocycles. The summed E-state index contributed by atoms with van der Waals surface area (Å²) in [7, 11) is 0. The molecule has 6 nitrogen and oxygen atoms in total.